The van der Waals surface area contributed by atoms with Crippen LogP contribution in [0.15, 0.2) is 24.3 Å². The van der Waals surface area contributed by atoms with Gasteiger partial charge in [0.1, 0.15) is 0 Å². The van der Waals surface area contributed by atoms with Crippen molar-refractivity contribution in [2.75, 3.05) is 0 Å². The van der Waals surface area contributed by atoms with Crippen LogP contribution in [0.3, 0.4) is 0 Å². The van der Waals surface area contributed by atoms with E-state index in [9.17, 15) is 19.2 Å². The standard InChI is InChI=1S/C14H4O6/c15-11-6-1-5-2-9-10(14(18)20-13(9)17)4-7(5)8(3-6)12(16)19-11/h1-4H. The first kappa shape index (κ1) is 10.9. The van der Waals surface area contributed by atoms with Gasteiger partial charge in [-0.15, -0.1) is 0 Å². The minimum atomic E-state index is -0.772. The van der Waals surface area contributed by atoms with Gasteiger partial charge in [-0.2, -0.15) is 0 Å². The Kier molecular flexibility index (Phi) is 1.79. The van der Waals surface area contributed by atoms with Gasteiger partial charge >= 0.3 is 23.9 Å². The number of fused-ring (bicyclic) bond motifs is 5. The highest BCUT2D eigenvalue weighted by Gasteiger charge is 2.32. The van der Waals surface area contributed by atoms with Gasteiger partial charge in [-0.3, -0.25) is 0 Å². The van der Waals surface area contributed by atoms with Crippen LogP contribution in [-0.2, 0) is 9.47 Å². The summed E-state index contributed by atoms with van der Waals surface area (Å²) >= 11 is 0. The summed E-state index contributed by atoms with van der Waals surface area (Å²) in [6, 6.07) is 5.76. The summed E-state index contributed by atoms with van der Waals surface area (Å²) in [5, 5.41) is 0.949. The van der Waals surface area contributed by atoms with Gasteiger partial charge in [-0.05, 0) is 35.0 Å². The maximum Gasteiger partial charge on any atom is 0.346 e. The minimum absolute atomic E-state index is 0.108. The SMILES string of the molecule is O=C1OC(=O)c2cc1cc1cc3c(cc21)C(=O)OC3=O. The van der Waals surface area contributed by atoms with Crippen LogP contribution < -0.4 is 0 Å². The zero-order valence-corrected chi connectivity index (χ0v) is 9.76. The lowest BCUT2D eigenvalue weighted by molar-refractivity contribution is 0.0381. The summed E-state index contributed by atoms with van der Waals surface area (Å²) in [5.74, 6) is -2.98. The molecule has 2 aliphatic heterocycles. The zero-order valence-electron chi connectivity index (χ0n) is 9.76. The molecule has 6 heteroatoms. The second kappa shape index (κ2) is 3.30. The second-order valence-electron chi connectivity index (χ2n) is 4.50. The fourth-order valence-electron chi connectivity index (χ4n) is 2.43. The number of rotatable bonds is 0. The molecule has 0 saturated carbocycles. The summed E-state index contributed by atoms with van der Waals surface area (Å²) in [6.07, 6.45) is 0. The molecule has 0 saturated heterocycles. The van der Waals surface area contributed by atoms with Gasteiger partial charge < -0.3 is 9.47 Å². The number of esters is 4. The first-order chi connectivity index (χ1) is 9.54. The molecule has 4 rings (SSSR count). The highest BCUT2D eigenvalue weighted by atomic mass is 16.6. The Bertz CT molecular complexity index is 877. The first-order valence-corrected chi connectivity index (χ1v) is 5.69. The van der Waals surface area contributed by atoms with Crippen molar-refractivity contribution in [1.29, 1.82) is 0 Å². The Balaban J connectivity index is 2.14. The Labute approximate surface area is 110 Å². The molecule has 2 heterocycles. The van der Waals surface area contributed by atoms with Gasteiger partial charge in [0, 0.05) is 0 Å². The molecule has 2 aliphatic rings. The number of ether oxygens (including phenoxy) is 2. The number of hydrogen-bond donors (Lipinski definition) is 0. The fourth-order valence-corrected chi connectivity index (χ4v) is 2.43. The molecule has 96 valence electrons. The quantitative estimate of drug-likeness (QED) is 0.531. The van der Waals surface area contributed by atoms with Crippen molar-refractivity contribution in [3.63, 3.8) is 0 Å². The Morgan fingerprint density at radius 2 is 1.20 bits per heavy atom. The van der Waals surface area contributed by atoms with Crippen molar-refractivity contribution >= 4 is 34.6 Å². The molecule has 6 nitrogen and oxygen atoms in total. The summed E-state index contributed by atoms with van der Waals surface area (Å²) in [5.41, 5.74) is 0.653. The smallest absolute Gasteiger partial charge is 0.346 e. The predicted octanol–water partition coefficient (Wildman–Crippen LogP) is 1.46. The molecule has 0 atom stereocenters. The predicted molar refractivity (Wildman–Crippen MR) is 63.4 cm³/mol. The minimum Gasteiger partial charge on any atom is -0.386 e. The molecule has 20 heavy (non-hydrogen) atoms. The molecule has 0 radical (unpaired) electrons. The van der Waals surface area contributed by atoms with Crippen LogP contribution in [0.1, 0.15) is 41.4 Å². The highest BCUT2D eigenvalue weighted by molar-refractivity contribution is 6.21. The molecule has 0 fully saturated rings. The molecule has 0 aliphatic carbocycles. The summed E-state index contributed by atoms with van der Waals surface area (Å²) < 4.78 is 9.09. The van der Waals surface area contributed by atoms with Crippen molar-refractivity contribution in [2.24, 2.45) is 0 Å². The molecular formula is C14H4O6. The lowest BCUT2D eigenvalue weighted by Crippen LogP contribution is -2.19. The molecule has 0 unspecified atom stereocenters. The summed E-state index contributed by atoms with van der Waals surface area (Å²) in [6.45, 7) is 0. The van der Waals surface area contributed by atoms with Crippen molar-refractivity contribution < 1.29 is 28.7 Å². The van der Waals surface area contributed by atoms with Crippen LogP contribution in [0, 0.1) is 0 Å². The third-order valence-corrected chi connectivity index (χ3v) is 3.36. The van der Waals surface area contributed by atoms with Gasteiger partial charge in [-0.25, -0.2) is 19.2 Å². The van der Waals surface area contributed by atoms with Gasteiger partial charge in [0.15, 0.2) is 0 Å². The Morgan fingerprint density at radius 1 is 0.600 bits per heavy atom. The van der Waals surface area contributed by atoms with E-state index in [2.05, 4.69) is 9.47 Å². The number of carbonyl (C=O) groups is 4. The zero-order chi connectivity index (χ0) is 14.0. The van der Waals surface area contributed by atoms with E-state index in [-0.39, 0.29) is 22.3 Å². The average molecular weight is 268 g/mol. The highest BCUT2D eigenvalue weighted by Crippen LogP contribution is 2.31. The Hall–Kier alpha value is -3.02. The van der Waals surface area contributed by atoms with Crippen LogP contribution >= 0.6 is 0 Å². The van der Waals surface area contributed by atoms with Crippen molar-refractivity contribution in [1.82, 2.24) is 0 Å². The fraction of sp³-hybridized carbons (Fsp3) is 0. The van der Waals surface area contributed by atoms with Gasteiger partial charge in [-0.1, -0.05) is 0 Å². The van der Waals surface area contributed by atoms with E-state index < -0.39 is 23.9 Å². The van der Waals surface area contributed by atoms with Gasteiger partial charge in [0.25, 0.3) is 0 Å². The number of cyclic esters (lactones) is 4. The molecular weight excluding hydrogens is 264 g/mol. The molecule has 2 aromatic carbocycles. The summed E-state index contributed by atoms with van der Waals surface area (Å²) in [4.78, 5) is 46.2. The maximum absolute atomic E-state index is 11.7. The molecule has 0 N–H and O–H groups in total. The molecule has 2 bridgehead atoms. The first-order valence-electron chi connectivity index (χ1n) is 5.69. The van der Waals surface area contributed by atoms with E-state index in [0.717, 1.165) is 0 Å². The number of carbonyl (C=O) groups excluding carboxylic acids is 4. The van der Waals surface area contributed by atoms with Crippen LogP contribution in [0.5, 0.6) is 0 Å². The van der Waals surface area contributed by atoms with Crippen LogP contribution in [0.4, 0.5) is 0 Å². The average Bonchev–Trinajstić information content (AvgIpc) is 2.69. The number of hydrogen-bond acceptors (Lipinski definition) is 6. The van der Waals surface area contributed by atoms with E-state index >= 15 is 0 Å². The molecule has 0 aromatic heterocycles. The van der Waals surface area contributed by atoms with Crippen LogP contribution in [-0.4, -0.2) is 23.9 Å². The third kappa shape index (κ3) is 1.22. The molecule has 0 spiro atoms. The molecule has 2 aromatic rings. The number of benzene rings is 2. The van der Waals surface area contributed by atoms with E-state index in [1.165, 1.54) is 24.3 Å². The molecule has 0 amide bonds. The van der Waals surface area contributed by atoms with Gasteiger partial charge in [0.2, 0.25) is 0 Å². The van der Waals surface area contributed by atoms with Crippen molar-refractivity contribution in [3.8, 4) is 0 Å². The largest absolute Gasteiger partial charge is 0.386 e. The topological polar surface area (TPSA) is 86.7 Å². The van der Waals surface area contributed by atoms with Gasteiger partial charge in [0.05, 0.1) is 22.3 Å². The lowest BCUT2D eigenvalue weighted by Gasteiger charge is -2.14. The van der Waals surface area contributed by atoms with E-state index in [4.69, 9.17) is 0 Å². The summed E-state index contributed by atoms with van der Waals surface area (Å²) in [7, 11) is 0. The Morgan fingerprint density at radius 3 is 1.95 bits per heavy atom. The lowest BCUT2D eigenvalue weighted by atomic mass is 9.95. The maximum atomic E-state index is 11.7. The second-order valence-corrected chi connectivity index (χ2v) is 4.50. The van der Waals surface area contributed by atoms with Crippen LogP contribution in [0.25, 0.3) is 10.8 Å². The van der Waals surface area contributed by atoms with E-state index in [0.29, 0.717) is 10.8 Å². The van der Waals surface area contributed by atoms with Crippen LogP contribution in [0.2, 0.25) is 0 Å². The van der Waals surface area contributed by atoms with Crippen molar-refractivity contribution in [3.05, 3.63) is 46.5 Å². The van der Waals surface area contributed by atoms with Crippen molar-refractivity contribution in [2.45, 2.75) is 0 Å². The third-order valence-electron chi connectivity index (χ3n) is 3.36. The normalized spacial score (nSPS) is 16.2. The van der Waals surface area contributed by atoms with E-state index in [1.54, 1.807) is 0 Å². The monoisotopic (exact) mass is 268 g/mol. The van der Waals surface area contributed by atoms with E-state index in [1.807, 2.05) is 0 Å².